The monoisotopic (exact) mass is 309 g/mol. The molecule has 0 aromatic heterocycles. The van der Waals surface area contributed by atoms with Gasteiger partial charge >= 0.3 is 0 Å². The Kier molecular flexibility index (Phi) is 3.82. The summed E-state index contributed by atoms with van der Waals surface area (Å²) in [6.45, 7) is 0. The lowest BCUT2D eigenvalue weighted by Gasteiger charge is -1.99. The summed E-state index contributed by atoms with van der Waals surface area (Å²) in [6, 6.07) is 12.4. The molecule has 0 aliphatic heterocycles. The largest absolute Gasteiger partial charge is 0.507 e. The summed E-state index contributed by atoms with van der Waals surface area (Å²) >= 11 is 9.12. The van der Waals surface area contributed by atoms with Crippen LogP contribution in [0.1, 0.15) is 5.56 Å². The number of phenols is 1. The Morgan fingerprint density at radius 1 is 1.12 bits per heavy atom. The first-order valence-electron chi connectivity index (χ1n) is 4.93. The Morgan fingerprint density at radius 2 is 1.82 bits per heavy atom. The van der Waals surface area contributed by atoms with Gasteiger partial charge in [0.2, 0.25) is 0 Å². The van der Waals surface area contributed by atoms with Crippen molar-refractivity contribution < 1.29 is 5.11 Å². The fraction of sp³-hybridized carbons (Fsp3) is 0. The molecule has 0 aliphatic carbocycles. The molecule has 1 N–H and O–H groups in total. The predicted octanol–water partition coefficient (Wildman–Crippen LogP) is 4.56. The molecule has 0 saturated carbocycles. The van der Waals surface area contributed by atoms with E-state index in [1.807, 2.05) is 12.1 Å². The van der Waals surface area contributed by atoms with E-state index in [1.165, 1.54) is 0 Å². The van der Waals surface area contributed by atoms with Gasteiger partial charge in [-0.1, -0.05) is 27.5 Å². The van der Waals surface area contributed by atoms with Crippen molar-refractivity contribution in [3.05, 3.63) is 57.5 Å². The number of halogens is 2. The molecule has 4 heteroatoms. The molecule has 2 rings (SSSR count). The number of benzene rings is 2. The Morgan fingerprint density at radius 3 is 2.53 bits per heavy atom. The lowest BCUT2D eigenvalue weighted by atomic mass is 10.2. The summed E-state index contributed by atoms with van der Waals surface area (Å²) < 4.78 is 0.896. The average molecular weight is 311 g/mol. The summed E-state index contributed by atoms with van der Waals surface area (Å²) in [5.41, 5.74) is 1.45. The van der Waals surface area contributed by atoms with Crippen molar-refractivity contribution in [2.24, 2.45) is 4.99 Å². The van der Waals surface area contributed by atoms with Gasteiger partial charge in [-0.05, 0) is 42.5 Å². The van der Waals surface area contributed by atoms with Crippen LogP contribution in [0.5, 0.6) is 5.75 Å². The first kappa shape index (κ1) is 12.1. The standard InChI is InChI=1S/C13H9BrClNO/c14-10-1-6-13(17)9(7-10)8-16-12-4-2-11(15)3-5-12/h1-8,17H. The van der Waals surface area contributed by atoms with Crippen LogP contribution >= 0.6 is 27.5 Å². The maximum absolute atomic E-state index is 9.62. The molecule has 17 heavy (non-hydrogen) atoms. The maximum atomic E-state index is 9.62. The smallest absolute Gasteiger partial charge is 0.124 e. The van der Waals surface area contributed by atoms with Crippen molar-refractivity contribution in [3.63, 3.8) is 0 Å². The van der Waals surface area contributed by atoms with Crippen LogP contribution < -0.4 is 0 Å². The van der Waals surface area contributed by atoms with E-state index in [9.17, 15) is 5.11 Å². The second-order valence-corrected chi connectivity index (χ2v) is 4.79. The van der Waals surface area contributed by atoms with E-state index < -0.39 is 0 Å². The number of phenolic OH excluding ortho intramolecular Hbond substituents is 1. The van der Waals surface area contributed by atoms with Crippen LogP contribution in [0.2, 0.25) is 5.02 Å². The van der Waals surface area contributed by atoms with Crippen LogP contribution in [0, 0.1) is 0 Å². The molecule has 0 fully saturated rings. The average Bonchev–Trinajstić information content (AvgIpc) is 2.32. The van der Waals surface area contributed by atoms with Gasteiger partial charge in [0.1, 0.15) is 5.75 Å². The minimum Gasteiger partial charge on any atom is -0.507 e. The molecule has 0 unspecified atom stereocenters. The number of hydrogen-bond donors (Lipinski definition) is 1. The van der Waals surface area contributed by atoms with Crippen molar-refractivity contribution >= 4 is 39.4 Å². The zero-order valence-electron chi connectivity index (χ0n) is 8.77. The predicted molar refractivity (Wildman–Crippen MR) is 74.5 cm³/mol. The maximum Gasteiger partial charge on any atom is 0.124 e. The van der Waals surface area contributed by atoms with Gasteiger partial charge in [0, 0.05) is 21.3 Å². The minimum atomic E-state index is 0.200. The highest BCUT2D eigenvalue weighted by Crippen LogP contribution is 2.21. The third-order valence-electron chi connectivity index (χ3n) is 2.17. The number of nitrogens with zero attached hydrogens (tertiary/aromatic N) is 1. The molecule has 0 bridgehead atoms. The SMILES string of the molecule is Oc1ccc(Br)cc1C=Nc1ccc(Cl)cc1. The summed E-state index contributed by atoms with van der Waals surface area (Å²) in [5, 5.41) is 10.3. The van der Waals surface area contributed by atoms with Gasteiger partial charge in [-0.15, -0.1) is 0 Å². The second kappa shape index (κ2) is 5.34. The van der Waals surface area contributed by atoms with Crippen molar-refractivity contribution in [2.75, 3.05) is 0 Å². The first-order chi connectivity index (χ1) is 8.15. The van der Waals surface area contributed by atoms with E-state index in [2.05, 4.69) is 20.9 Å². The fourth-order valence-electron chi connectivity index (χ4n) is 1.30. The molecule has 86 valence electrons. The van der Waals surface area contributed by atoms with E-state index in [-0.39, 0.29) is 5.75 Å². The van der Waals surface area contributed by atoms with Crippen LogP contribution in [0.4, 0.5) is 5.69 Å². The number of aromatic hydroxyl groups is 1. The quantitative estimate of drug-likeness (QED) is 0.810. The molecule has 0 atom stereocenters. The molecule has 0 spiro atoms. The molecule has 2 aromatic carbocycles. The number of hydrogen-bond acceptors (Lipinski definition) is 2. The summed E-state index contributed by atoms with van der Waals surface area (Å²) in [5.74, 6) is 0.200. The highest BCUT2D eigenvalue weighted by Gasteiger charge is 1.98. The second-order valence-electron chi connectivity index (χ2n) is 3.44. The number of rotatable bonds is 2. The normalized spacial score (nSPS) is 10.9. The molecule has 0 aliphatic rings. The van der Waals surface area contributed by atoms with Crippen LogP contribution in [0.15, 0.2) is 51.9 Å². The van der Waals surface area contributed by atoms with Gasteiger partial charge in [-0.3, -0.25) is 4.99 Å². The Balaban J connectivity index is 2.25. The molecular weight excluding hydrogens is 302 g/mol. The minimum absolute atomic E-state index is 0.200. The van der Waals surface area contributed by atoms with Gasteiger partial charge < -0.3 is 5.11 Å². The molecule has 2 nitrogen and oxygen atoms in total. The Hall–Kier alpha value is -1.32. The van der Waals surface area contributed by atoms with Crippen LogP contribution in [0.25, 0.3) is 0 Å². The first-order valence-corrected chi connectivity index (χ1v) is 6.10. The van der Waals surface area contributed by atoms with Gasteiger partial charge in [0.05, 0.1) is 5.69 Å². The van der Waals surface area contributed by atoms with Gasteiger partial charge in [0.25, 0.3) is 0 Å². The van der Waals surface area contributed by atoms with Gasteiger partial charge in [-0.2, -0.15) is 0 Å². The lowest BCUT2D eigenvalue weighted by molar-refractivity contribution is 0.474. The van der Waals surface area contributed by atoms with Crippen molar-refractivity contribution in [2.45, 2.75) is 0 Å². The van der Waals surface area contributed by atoms with E-state index in [4.69, 9.17) is 11.6 Å². The van der Waals surface area contributed by atoms with Crippen LogP contribution in [0.3, 0.4) is 0 Å². The molecule has 0 saturated heterocycles. The summed E-state index contributed by atoms with van der Waals surface area (Å²) in [7, 11) is 0. The van der Waals surface area contributed by atoms with Crippen molar-refractivity contribution in [3.8, 4) is 5.75 Å². The molecule has 0 radical (unpaired) electrons. The van der Waals surface area contributed by atoms with E-state index in [0.717, 1.165) is 10.2 Å². The molecule has 2 aromatic rings. The van der Waals surface area contributed by atoms with Crippen molar-refractivity contribution in [1.29, 1.82) is 0 Å². The highest BCUT2D eigenvalue weighted by molar-refractivity contribution is 9.10. The van der Waals surface area contributed by atoms with Crippen LogP contribution in [-0.4, -0.2) is 11.3 Å². The molecule has 0 amide bonds. The highest BCUT2D eigenvalue weighted by atomic mass is 79.9. The molecular formula is C13H9BrClNO. The number of aliphatic imine (C=N–C) groups is 1. The van der Waals surface area contributed by atoms with Crippen molar-refractivity contribution in [1.82, 2.24) is 0 Å². The zero-order chi connectivity index (χ0) is 12.3. The van der Waals surface area contributed by atoms with E-state index in [1.54, 1.807) is 36.5 Å². The Bertz CT molecular complexity index is 552. The van der Waals surface area contributed by atoms with Gasteiger partial charge in [0.15, 0.2) is 0 Å². The van der Waals surface area contributed by atoms with E-state index in [0.29, 0.717) is 10.6 Å². The third kappa shape index (κ3) is 3.32. The summed E-state index contributed by atoms with van der Waals surface area (Å²) in [6.07, 6.45) is 1.61. The van der Waals surface area contributed by atoms with E-state index >= 15 is 0 Å². The topological polar surface area (TPSA) is 32.6 Å². The lowest BCUT2D eigenvalue weighted by Crippen LogP contribution is -1.82. The van der Waals surface area contributed by atoms with Gasteiger partial charge in [-0.25, -0.2) is 0 Å². The fourth-order valence-corrected chi connectivity index (χ4v) is 1.80. The third-order valence-corrected chi connectivity index (χ3v) is 2.91. The molecule has 0 heterocycles. The van der Waals surface area contributed by atoms with Crippen LogP contribution in [-0.2, 0) is 0 Å². The summed E-state index contributed by atoms with van der Waals surface area (Å²) in [4.78, 5) is 4.26. The zero-order valence-corrected chi connectivity index (χ0v) is 11.1. The Labute approximate surface area is 113 Å².